The van der Waals surface area contributed by atoms with E-state index in [0.29, 0.717) is 33.5 Å². The molecular weight excluding hydrogens is 564 g/mol. The fraction of sp³-hybridized carbons (Fsp3) is 0.500. The number of methoxy groups -OCH3 is 1. The second kappa shape index (κ2) is 12.9. The zero-order valence-electron chi connectivity index (χ0n) is 25.9. The summed E-state index contributed by atoms with van der Waals surface area (Å²) in [6.45, 7) is 6.95. The lowest BCUT2D eigenvalue weighted by molar-refractivity contribution is 0.0526. The molecule has 10 nitrogen and oxygen atoms in total. The monoisotopic (exact) mass is 608 g/mol. The average Bonchev–Trinajstić information content (AvgIpc) is 2.97. The van der Waals surface area contributed by atoms with E-state index < -0.39 is 10.0 Å². The molecule has 232 valence electrons. The van der Waals surface area contributed by atoms with E-state index >= 15 is 0 Å². The van der Waals surface area contributed by atoms with E-state index in [2.05, 4.69) is 64.2 Å². The summed E-state index contributed by atoms with van der Waals surface area (Å²) in [5, 5.41) is 0. The van der Waals surface area contributed by atoms with Gasteiger partial charge in [-0.15, -0.1) is 0 Å². The van der Waals surface area contributed by atoms with Crippen LogP contribution in [-0.4, -0.2) is 92.5 Å². The minimum atomic E-state index is -3.64. The number of nitrogens with two attached hydrogens (primary N) is 1. The Hall–Kier alpha value is -3.09. The van der Waals surface area contributed by atoms with Gasteiger partial charge in [-0.25, -0.2) is 13.4 Å². The van der Waals surface area contributed by atoms with Crippen molar-refractivity contribution in [3.63, 3.8) is 0 Å². The van der Waals surface area contributed by atoms with Gasteiger partial charge >= 0.3 is 0 Å². The van der Waals surface area contributed by atoms with Crippen molar-refractivity contribution in [2.45, 2.75) is 55.7 Å². The molecule has 3 heterocycles. The van der Waals surface area contributed by atoms with Crippen LogP contribution in [0, 0.1) is 13.8 Å². The van der Waals surface area contributed by atoms with E-state index in [9.17, 15) is 8.42 Å². The first-order valence-electron chi connectivity index (χ1n) is 14.9. The molecule has 0 radical (unpaired) electrons. The van der Waals surface area contributed by atoms with Crippen LogP contribution in [0.3, 0.4) is 0 Å². The summed E-state index contributed by atoms with van der Waals surface area (Å²) < 4.78 is 39.4. The Morgan fingerprint density at radius 3 is 2.33 bits per heavy atom. The topological polar surface area (TPSA) is 114 Å². The molecule has 2 aliphatic rings. The Labute approximate surface area is 255 Å². The molecule has 2 aromatic carbocycles. The molecule has 0 amide bonds. The highest BCUT2D eigenvalue weighted by molar-refractivity contribution is 7.89. The molecular formula is C32H44N6O4S. The van der Waals surface area contributed by atoms with Crippen LogP contribution in [0.25, 0.3) is 0 Å². The Morgan fingerprint density at radius 1 is 1.07 bits per heavy atom. The number of hydrogen-bond donors (Lipinski definition) is 1. The summed E-state index contributed by atoms with van der Waals surface area (Å²) >= 11 is 0. The zero-order valence-corrected chi connectivity index (χ0v) is 26.7. The second-order valence-corrected chi connectivity index (χ2v) is 13.8. The third-order valence-electron chi connectivity index (χ3n) is 8.96. The Balaban J connectivity index is 1.13. The summed E-state index contributed by atoms with van der Waals surface area (Å²) in [6.07, 6.45) is 4.22. The van der Waals surface area contributed by atoms with Crippen molar-refractivity contribution < 1.29 is 17.9 Å². The fourth-order valence-corrected chi connectivity index (χ4v) is 8.26. The van der Waals surface area contributed by atoms with Crippen LogP contribution in [0.1, 0.15) is 47.8 Å². The van der Waals surface area contributed by atoms with E-state index in [4.69, 9.17) is 15.2 Å². The largest absolute Gasteiger partial charge is 0.497 e. The third kappa shape index (κ3) is 6.56. The minimum absolute atomic E-state index is 0.0530. The predicted molar refractivity (Wildman–Crippen MR) is 167 cm³/mol. The number of rotatable bonds is 11. The SMILES string of the molecule is COc1cc(C)c(S(=O)(=O)N2CC(Oc3ccnc(C(N)CCN4CCC(c5ccccc5)(N(C)C)CC4)n3)C2)c(C)c1. The van der Waals surface area contributed by atoms with Gasteiger partial charge in [-0.05, 0) is 76.0 Å². The van der Waals surface area contributed by atoms with E-state index in [1.165, 1.54) is 9.87 Å². The van der Waals surface area contributed by atoms with Gasteiger partial charge in [-0.1, -0.05) is 30.3 Å². The number of piperidine rings is 1. The molecule has 1 unspecified atom stereocenters. The molecule has 5 rings (SSSR count). The third-order valence-corrected chi connectivity index (χ3v) is 11.1. The maximum atomic E-state index is 13.3. The van der Waals surface area contributed by atoms with E-state index in [0.717, 1.165) is 38.9 Å². The van der Waals surface area contributed by atoms with Crippen LogP contribution in [0.5, 0.6) is 11.6 Å². The Morgan fingerprint density at radius 2 is 1.72 bits per heavy atom. The van der Waals surface area contributed by atoms with Crippen LogP contribution in [0.2, 0.25) is 0 Å². The predicted octanol–water partition coefficient (Wildman–Crippen LogP) is 3.50. The lowest BCUT2D eigenvalue weighted by atomic mass is 9.80. The van der Waals surface area contributed by atoms with Crippen LogP contribution in [-0.2, 0) is 15.6 Å². The van der Waals surface area contributed by atoms with Gasteiger partial charge in [0.15, 0.2) is 0 Å². The van der Waals surface area contributed by atoms with E-state index in [-0.39, 0.29) is 30.8 Å². The van der Waals surface area contributed by atoms with Gasteiger partial charge < -0.3 is 20.1 Å². The summed E-state index contributed by atoms with van der Waals surface area (Å²) in [5.74, 6) is 1.59. The zero-order chi connectivity index (χ0) is 30.8. The van der Waals surface area contributed by atoms with Crippen LogP contribution >= 0.6 is 0 Å². The highest BCUT2D eigenvalue weighted by Crippen LogP contribution is 2.37. The summed E-state index contributed by atoms with van der Waals surface area (Å²) in [4.78, 5) is 14.1. The van der Waals surface area contributed by atoms with Crippen molar-refractivity contribution in [1.29, 1.82) is 0 Å². The van der Waals surface area contributed by atoms with Gasteiger partial charge in [0.1, 0.15) is 17.7 Å². The van der Waals surface area contributed by atoms with Crippen LogP contribution < -0.4 is 15.2 Å². The maximum Gasteiger partial charge on any atom is 0.243 e. The van der Waals surface area contributed by atoms with Gasteiger partial charge in [0.05, 0.1) is 31.1 Å². The number of sulfonamides is 1. The molecule has 2 aliphatic heterocycles. The first-order valence-corrected chi connectivity index (χ1v) is 16.3. The first kappa shape index (κ1) is 31.3. The van der Waals surface area contributed by atoms with Crippen LogP contribution in [0.4, 0.5) is 0 Å². The lowest BCUT2D eigenvalue weighted by Gasteiger charge is -2.46. The standard InChI is InChI=1S/C32H44N6O4S/c1-23-19-26(41-5)20-24(2)30(23)43(39,40)38-21-27(22-38)42-29-11-15-34-31(35-29)28(33)12-16-37-17-13-32(14-18-37,36(3)4)25-9-7-6-8-10-25/h6-11,15,19-20,27-28H,12-14,16-18,21-22,33H2,1-5H3. The number of benzene rings is 2. The Bertz CT molecular complexity index is 1480. The number of likely N-dealkylation sites (tertiary alicyclic amines) is 1. The molecule has 1 aromatic heterocycles. The smallest absolute Gasteiger partial charge is 0.243 e. The van der Waals surface area contributed by atoms with E-state index in [1.807, 2.05) is 0 Å². The summed E-state index contributed by atoms with van der Waals surface area (Å²) in [6, 6.07) is 15.6. The number of aromatic nitrogens is 2. The number of hydrogen-bond acceptors (Lipinski definition) is 9. The second-order valence-electron chi connectivity index (χ2n) is 11.9. The van der Waals surface area contributed by atoms with Crippen molar-refractivity contribution in [3.05, 3.63) is 77.2 Å². The number of aryl methyl sites for hydroxylation is 2. The fourth-order valence-electron chi connectivity index (χ4n) is 6.35. The van der Waals surface area contributed by atoms with Crippen molar-refractivity contribution >= 4 is 10.0 Å². The average molecular weight is 609 g/mol. The summed E-state index contributed by atoms with van der Waals surface area (Å²) in [5.41, 5.74) is 9.28. The molecule has 3 aromatic rings. The van der Waals surface area contributed by atoms with E-state index in [1.54, 1.807) is 45.4 Å². The highest BCUT2D eigenvalue weighted by atomic mass is 32.2. The Kier molecular flexibility index (Phi) is 9.38. The van der Waals surface area contributed by atoms with Gasteiger partial charge in [0.25, 0.3) is 0 Å². The minimum Gasteiger partial charge on any atom is -0.497 e. The van der Waals surface area contributed by atoms with Crippen molar-refractivity contribution in [2.75, 3.05) is 53.9 Å². The van der Waals surface area contributed by atoms with Gasteiger partial charge in [-0.3, -0.25) is 4.90 Å². The van der Waals surface area contributed by atoms with Crippen LogP contribution in [0.15, 0.2) is 59.6 Å². The molecule has 2 fully saturated rings. The molecule has 1 atom stereocenters. The molecule has 0 aliphatic carbocycles. The molecule has 11 heteroatoms. The molecule has 2 saturated heterocycles. The maximum absolute atomic E-state index is 13.3. The van der Waals surface area contributed by atoms with Crippen molar-refractivity contribution in [3.8, 4) is 11.6 Å². The van der Waals surface area contributed by atoms with Gasteiger partial charge in [0, 0.05) is 37.4 Å². The normalized spacial score (nSPS) is 18.8. The summed E-state index contributed by atoms with van der Waals surface area (Å²) in [7, 11) is 2.28. The number of nitrogens with zero attached hydrogens (tertiary/aromatic N) is 5. The molecule has 0 saturated carbocycles. The molecule has 0 bridgehead atoms. The quantitative estimate of drug-likeness (QED) is 0.349. The number of ether oxygens (including phenoxy) is 2. The lowest BCUT2D eigenvalue weighted by Crippen LogP contribution is -2.56. The van der Waals surface area contributed by atoms with Gasteiger partial charge in [0.2, 0.25) is 15.9 Å². The molecule has 2 N–H and O–H groups in total. The molecule has 0 spiro atoms. The highest BCUT2D eigenvalue weighted by Gasteiger charge is 2.40. The first-order chi connectivity index (χ1) is 20.5. The van der Waals surface area contributed by atoms with Crippen molar-refractivity contribution in [2.24, 2.45) is 5.73 Å². The molecule has 43 heavy (non-hydrogen) atoms. The van der Waals surface area contributed by atoms with Crippen molar-refractivity contribution in [1.82, 2.24) is 24.1 Å². The van der Waals surface area contributed by atoms with Gasteiger partial charge in [-0.2, -0.15) is 9.29 Å².